The summed E-state index contributed by atoms with van der Waals surface area (Å²) < 4.78 is 11.4. The van der Waals surface area contributed by atoms with Crippen LogP contribution in [-0.2, 0) is 13.0 Å². The van der Waals surface area contributed by atoms with Gasteiger partial charge in [-0.15, -0.1) is 0 Å². The minimum absolute atomic E-state index is 0.387. The highest BCUT2D eigenvalue weighted by Crippen LogP contribution is 2.28. The van der Waals surface area contributed by atoms with Crippen molar-refractivity contribution in [1.29, 1.82) is 0 Å². The van der Waals surface area contributed by atoms with Gasteiger partial charge in [-0.25, -0.2) is 4.98 Å². The highest BCUT2D eigenvalue weighted by atomic mass is 16.5. The summed E-state index contributed by atoms with van der Waals surface area (Å²) in [7, 11) is 1.69. The second kappa shape index (κ2) is 7.75. The molecule has 0 spiro atoms. The van der Waals surface area contributed by atoms with E-state index in [1.165, 1.54) is 11.1 Å². The molecule has 0 radical (unpaired) electrons. The van der Waals surface area contributed by atoms with Crippen molar-refractivity contribution in [2.24, 2.45) is 0 Å². The van der Waals surface area contributed by atoms with E-state index < -0.39 is 0 Å². The molecule has 134 valence electrons. The van der Waals surface area contributed by atoms with E-state index in [1.54, 1.807) is 7.11 Å². The van der Waals surface area contributed by atoms with Crippen LogP contribution in [0.4, 0.5) is 0 Å². The first-order chi connectivity index (χ1) is 12.8. The smallest absolute Gasteiger partial charge is 0.198 e. The fourth-order valence-corrected chi connectivity index (χ4v) is 3.60. The Morgan fingerprint density at radius 1 is 1.12 bits per heavy atom. The van der Waals surface area contributed by atoms with Gasteiger partial charge in [-0.3, -0.25) is 4.90 Å². The van der Waals surface area contributed by atoms with Crippen LogP contribution < -0.4 is 4.74 Å². The Labute approximate surface area is 154 Å². The van der Waals surface area contributed by atoms with Crippen LogP contribution in [-0.4, -0.2) is 30.1 Å². The summed E-state index contributed by atoms with van der Waals surface area (Å²) in [5, 5.41) is 0. The molecule has 3 aromatic rings. The van der Waals surface area contributed by atoms with Crippen molar-refractivity contribution in [2.75, 3.05) is 20.2 Å². The van der Waals surface area contributed by atoms with Crippen molar-refractivity contribution in [3.05, 3.63) is 83.6 Å². The van der Waals surface area contributed by atoms with Crippen molar-refractivity contribution in [1.82, 2.24) is 9.88 Å². The van der Waals surface area contributed by atoms with Crippen molar-refractivity contribution in [3.8, 4) is 5.75 Å². The van der Waals surface area contributed by atoms with Crippen LogP contribution in [0.3, 0.4) is 0 Å². The lowest BCUT2D eigenvalue weighted by Crippen LogP contribution is -2.19. The van der Waals surface area contributed by atoms with Gasteiger partial charge < -0.3 is 9.15 Å². The molecule has 0 saturated carbocycles. The zero-order chi connectivity index (χ0) is 17.8. The van der Waals surface area contributed by atoms with Gasteiger partial charge in [-0.2, -0.15) is 0 Å². The predicted molar refractivity (Wildman–Crippen MR) is 101 cm³/mol. The number of hydrogen-bond donors (Lipinski definition) is 0. The van der Waals surface area contributed by atoms with Crippen molar-refractivity contribution < 1.29 is 9.15 Å². The quantitative estimate of drug-likeness (QED) is 0.667. The maximum absolute atomic E-state index is 6.06. The fraction of sp³-hybridized carbons (Fsp3) is 0.318. The topological polar surface area (TPSA) is 38.5 Å². The van der Waals surface area contributed by atoms with E-state index >= 15 is 0 Å². The van der Waals surface area contributed by atoms with Crippen LogP contribution in [0.5, 0.6) is 5.75 Å². The predicted octanol–water partition coefficient (Wildman–Crippen LogP) is 4.26. The van der Waals surface area contributed by atoms with Gasteiger partial charge in [0.15, 0.2) is 5.89 Å². The van der Waals surface area contributed by atoms with Crippen molar-refractivity contribution >= 4 is 0 Å². The summed E-state index contributed by atoms with van der Waals surface area (Å²) in [5.41, 5.74) is 2.53. The Bertz CT molecular complexity index is 844. The lowest BCUT2D eigenvalue weighted by Gasteiger charge is -2.15. The molecule has 1 aliphatic heterocycles. The number of likely N-dealkylation sites (tertiary alicyclic amines) is 1. The molecule has 0 amide bonds. The third-order valence-electron chi connectivity index (χ3n) is 4.95. The highest BCUT2D eigenvalue weighted by Gasteiger charge is 2.27. The number of benzene rings is 2. The monoisotopic (exact) mass is 348 g/mol. The normalized spacial score (nSPS) is 17.5. The minimum Gasteiger partial charge on any atom is -0.497 e. The number of ether oxygens (including phenoxy) is 1. The van der Waals surface area contributed by atoms with Gasteiger partial charge in [0.25, 0.3) is 0 Å². The molecule has 26 heavy (non-hydrogen) atoms. The van der Waals surface area contributed by atoms with E-state index in [2.05, 4.69) is 46.3 Å². The van der Waals surface area contributed by atoms with E-state index in [9.17, 15) is 0 Å². The third kappa shape index (κ3) is 3.97. The molecule has 4 nitrogen and oxygen atoms in total. The average molecular weight is 348 g/mol. The Kier molecular flexibility index (Phi) is 5.02. The molecule has 0 aliphatic carbocycles. The molecular weight excluding hydrogens is 324 g/mol. The summed E-state index contributed by atoms with van der Waals surface area (Å²) in [6.07, 6.45) is 3.71. The Hall–Kier alpha value is -2.59. The van der Waals surface area contributed by atoms with Crippen LogP contribution in [0.1, 0.15) is 35.1 Å². The molecule has 1 atom stereocenters. The molecule has 0 bridgehead atoms. The highest BCUT2D eigenvalue weighted by molar-refractivity contribution is 5.30. The lowest BCUT2D eigenvalue weighted by atomic mass is 10.1. The van der Waals surface area contributed by atoms with E-state index in [0.29, 0.717) is 5.92 Å². The Balaban J connectivity index is 1.37. The molecular formula is C22H24N2O2. The molecule has 1 aromatic heterocycles. The van der Waals surface area contributed by atoms with Gasteiger partial charge in [0.2, 0.25) is 0 Å². The first-order valence-electron chi connectivity index (χ1n) is 9.14. The lowest BCUT2D eigenvalue weighted by molar-refractivity contribution is 0.318. The summed E-state index contributed by atoms with van der Waals surface area (Å²) in [6.45, 7) is 3.09. The number of oxazole rings is 1. The van der Waals surface area contributed by atoms with Gasteiger partial charge in [-0.05, 0) is 36.2 Å². The summed E-state index contributed by atoms with van der Waals surface area (Å²) in [4.78, 5) is 7.03. The number of methoxy groups -OCH3 is 1. The van der Waals surface area contributed by atoms with E-state index in [4.69, 9.17) is 9.15 Å². The molecule has 1 aliphatic rings. The van der Waals surface area contributed by atoms with Crippen molar-refractivity contribution in [2.45, 2.75) is 25.3 Å². The number of rotatable bonds is 6. The first-order valence-corrected chi connectivity index (χ1v) is 9.14. The first kappa shape index (κ1) is 16.9. The molecule has 4 heteroatoms. The van der Waals surface area contributed by atoms with Gasteiger partial charge in [0, 0.05) is 25.4 Å². The van der Waals surface area contributed by atoms with Gasteiger partial charge in [0.1, 0.15) is 11.5 Å². The van der Waals surface area contributed by atoms with Gasteiger partial charge in [0.05, 0.1) is 13.3 Å². The summed E-state index contributed by atoms with van der Waals surface area (Å²) >= 11 is 0. The maximum Gasteiger partial charge on any atom is 0.198 e. The maximum atomic E-state index is 6.06. The van der Waals surface area contributed by atoms with Gasteiger partial charge in [-0.1, -0.05) is 42.5 Å². The average Bonchev–Trinajstić information content (AvgIpc) is 3.32. The number of aromatic nitrogens is 1. The Morgan fingerprint density at radius 3 is 2.81 bits per heavy atom. The molecule has 4 rings (SSSR count). The van der Waals surface area contributed by atoms with Crippen LogP contribution in [0.15, 0.2) is 65.2 Å². The van der Waals surface area contributed by atoms with Crippen LogP contribution >= 0.6 is 0 Å². The summed E-state index contributed by atoms with van der Waals surface area (Å²) in [6, 6.07) is 18.7. The van der Waals surface area contributed by atoms with E-state index in [1.807, 2.05) is 24.4 Å². The fourth-order valence-electron chi connectivity index (χ4n) is 3.60. The zero-order valence-electron chi connectivity index (χ0n) is 15.1. The third-order valence-corrected chi connectivity index (χ3v) is 4.95. The minimum atomic E-state index is 0.387. The van der Waals surface area contributed by atoms with E-state index in [-0.39, 0.29) is 0 Å². The molecule has 0 N–H and O–H groups in total. The van der Waals surface area contributed by atoms with Crippen LogP contribution in [0, 0.1) is 0 Å². The number of nitrogens with zero attached hydrogens (tertiary/aromatic N) is 2. The second-order valence-electron chi connectivity index (χ2n) is 6.90. The summed E-state index contributed by atoms with van der Waals surface area (Å²) in [5.74, 6) is 3.04. The van der Waals surface area contributed by atoms with Crippen molar-refractivity contribution in [3.63, 3.8) is 0 Å². The van der Waals surface area contributed by atoms with Crippen LogP contribution in [0.2, 0.25) is 0 Å². The molecule has 2 heterocycles. The molecule has 1 unspecified atom stereocenters. The SMILES string of the molecule is COc1cccc(Cc2cnc(C3CCN(Cc4ccccc4)C3)o2)c1. The molecule has 1 fully saturated rings. The Morgan fingerprint density at radius 2 is 1.96 bits per heavy atom. The zero-order valence-corrected chi connectivity index (χ0v) is 15.1. The van der Waals surface area contributed by atoms with Crippen LogP contribution in [0.25, 0.3) is 0 Å². The second-order valence-corrected chi connectivity index (χ2v) is 6.90. The molecule has 2 aromatic carbocycles. The standard InChI is InChI=1S/C22H24N2O2/c1-25-20-9-5-8-18(12-20)13-21-14-23-22(26-21)19-10-11-24(16-19)15-17-6-3-2-4-7-17/h2-9,12,14,19H,10-11,13,15-16H2,1H3. The number of hydrogen-bond acceptors (Lipinski definition) is 4. The molecule has 1 saturated heterocycles. The van der Waals surface area contributed by atoms with Gasteiger partial charge >= 0.3 is 0 Å². The largest absolute Gasteiger partial charge is 0.497 e. The van der Waals surface area contributed by atoms with E-state index in [0.717, 1.165) is 49.9 Å².